The molecule has 0 fully saturated rings. The molecule has 0 radical (unpaired) electrons. The topological polar surface area (TPSA) is 77.3 Å². The van der Waals surface area contributed by atoms with Gasteiger partial charge in [0.2, 0.25) is 6.10 Å². The average molecular weight is 251 g/mol. The molecule has 2 rings (SSSR count). The molecule has 0 saturated heterocycles. The fraction of sp³-hybridized carbons (Fsp3) is 0.333. The van der Waals surface area contributed by atoms with Gasteiger partial charge in [-0.3, -0.25) is 0 Å². The van der Waals surface area contributed by atoms with Crippen LogP contribution in [0.3, 0.4) is 0 Å². The van der Waals surface area contributed by atoms with Crippen LogP contribution in [0.5, 0.6) is 11.5 Å². The monoisotopic (exact) mass is 251 g/mol. The van der Waals surface area contributed by atoms with Crippen LogP contribution in [0.15, 0.2) is 23.4 Å². The molecule has 1 heterocycles. The molecule has 1 aliphatic heterocycles. The van der Waals surface area contributed by atoms with Crippen molar-refractivity contribution in [2.24, 2.45) is 5.16 Å². The molecule has 18 heavy (non-hydrogen) atoms. The Morgan fingerprint density at radius 1 is 1.44 bits per heavy atom. The van der Waals surface area contributed by atoms with Crippen LogP contribution in [0.2, 0.25) is 0 Å². The molecular weight excluding hydrogens is 238 g/mol. The summed E-state index contributed by atoms with van der Waals surface area (Å²) in [5, 5.41) is 12.6. The lowest BCUT2D eigenvalue weighted by Crippen LogP contribution is -2.20. The number of nitrogens with zero attached hydrogens (tertiary/aromatic N) is 1. The highest BCUT2D eigenvalue weighted by molar-refractivity contribution is 6.05. The molecule has 0 amide bonds. The number of carboxylic acid groups (broad SMARTS) is 1. The van der Waals surface area contributed by atoms with Crippen molar-refractivity contribution in [2.45, 2.75) is 12.5 Å². The molecule has 1 N–H and O–H groups in total. The molecule has 0 unspecified atom stereocenters. The van der Waals surface area contributed by atoms with Crippen LogP contribution in [-0.2, 0) is 9.63 Å². The van der Waals surface area contributed by atoms with Gasteiger partial charge in [-0.25, -0.2) is 4.79 Å². The molecule has 0 spiro atoms. The smallest absolute Gasteiger partial charge is 0.348 e. The number of hydrogen-bond donors (Lipinski definition) is 1. The number of methoxy groups -OCH3 is 2. The van der Waals surface area contributed by atoms with Crippen molar-refractivity contribution >= 4 is 11.7 Å². The molecule has 1 aliphatic rings. The fourth-order valence-electron chi connectivity index (χ4n) is 1.71. The predicted molar refractivity (Wildman–Crippen MR) is 63.2 cm³/mol. The highest BCUT2D eigenvalue weighted by atomic mass is 16.7. The van der Waals surface area contributed by atoms with Crippen molar-refractivity contribution in [1.29, 1.82) is 0 Å². The first kappa shape index (κ1) is 12.2. The summed E-state index contributed by atoms with van der Waals surface area (Å²) in [7, 11) is 3.09. The number of oxime groups is 1. The molecule has 0 saturated carbocycles. The summed E-state index contributed by atoms with van der Waals surface area (Å²) < 4.78 is 10.3. The zero-order valence-electron chi connectivity index (χ0n) is 10.0. The predicted octanol–water partition coefficient (Wildman–Crippen LogP) is 1.28. The van der Waals surface area contributed by atoms with E-state index in [1.807, 2.05) is 0 Å². The molecule has 0 aromatic heterocycles. The third-order valence-corrected chi connectivity index (χ3v) is 2.66. The van der Waals surface area contributed by atoms with Crippen LogP contribution >= 0.6 is 0 Å². The number of carboxylic acids is 1. The highest BCUT2D eigenvalue weighted by Crippen LogP contribution is 2.28. The Bertz CT molecular complexity index is 497. The van der Waals surface area contributed by atoms with E-state index in [0.29, 0.717) is 22.8 Å². The molecule has 96 valence electrons. The Kier molecular flexibility index (Phi) is 3.36. The lowest BCUT2D eigenvalue weighted by atomic mass is 10.0. The van der Waals surface area contributed by atoms with E-state index < -0.39 is 12.1 Å². The Labute approximate surface area is 104 Å². The Hall–Kier alpha value is -2.24. The second kappa shape index (κ2) is 4.95. The van der Waals surface area contributed by atoms with E-state index in [4.69, 9.17) is 19.4 Å². The third-order valence-electron chi connectivity index (χ3n) is 2.66. The first-order valence-electron chi connectivity index (χ1n) is 5.33. The minimum atomic E-state index is -1.03. The molecular formula is C12H13NO5. The van der Waals surface area contributed by atoms with E-state index >= 15 is 0 Å². The van der Waals surface area contributed by atoms with Gasteiger partial charge in [0.05, 0.1) is 19.9 Å². The first-order chi connectivity index (χ1) is 8.65. The van der Waals surface area contributed by atoms with Gasteiger partial charge < -0.3 is 19.4 Å². The fourth-order valence-corrected chi connectivity index (χ4v) is 1.71. The lowest BCUT2D eigenvalue weighted by molar-refractivity contribution is -0.148. The van der Waals surface area contributed by atoms with Gasteiger partial charge in [0.15, 0.2) is 0 Å². The van der Waals surface area contributed by atoms with Gasteiger partial charge in [0.25, 0.3) is 0 Å². The van der Waals surface area contributed by atoms with Gasteiger partial charge in [-0.2, -0.15) is 0 Å². The summed E-state index contributed by atoms with van der Waals surface area (Å²) >= 11 is 0. The first-order valence-corrected chi connectivity index (χ1v) is 5.33. The minimum absolute atomic E-state index is 0.207. The number of hydrogen-bond acceptors (Lipinski definition) is 5. The van der Waals surface area contributed by atoms with Crippen molar-refractivity contribution < 1.29 is 24.2 Å². The standard InChI is InChI=1S/C12H13NO5/c1-16-7-3-4-10(17-2)8(5-7)9-6-11(12(14)15)18-13-9/h3-5,11H,6H2,1-2H3,(H,14,15)/t11-/m0/s1. The van der Waals surface area contributed by atoms with Gasteiger partial charge in [-0.05, 0) is 18.2 Å². The summed E-state index contributed by atoms with van der Waals surface area (Å²) in [5.41, 5.74) is 1.22. The van der Waals surface area contributed by atoms with Crippen molar-refractivity contribution in [1.82, 2.24) is 0 Å². The van der Waals surface area contributed by atoms with E-state index in [2.05, 4.69) is 5.16 Å². The normalized spacial score (nSPS) is 17.9. The Balaban J connectivity index is 2.30. The largest absolute Gasteiger partial charge is 0.497 e. The van der Waals surface area contributed by atoms with E-state index in [9.17, 15) is 4.79 Å². The molecule has 6 nitrogen and oxygen atoms in total. The van der Waals surface area contributed by atoms with Crippen LogP contribution in [0, 0.1) is 0 Å². The highest BCUT2D eigenvalue weighted by Gasteiger charge is 2.29. The molecule has 1 atom stereocenters. The number of carbonyl (C=O) groups is 1. The van der Waals surface area contributed by atoms with Gasteiger partial charge in [0.1, 0.15) is 11.5 Å². The number of aliphatic carboxylic acids is 1. The molecule has 6 heteroatoms. The average Bonchev–Trinajstić information content (AvgIpc) is 2.87. The van der Waals surface area contributed by atoms with Crippen LogP contribution in [0.4, 0.5) is 0 Å². The maximum Gasteiger partial charge on any atom is 0.348 e. The zero-order valence-corrected chi connectivity index (χ0v) is 10.0. The molecule has 0 bridgehead atoms. The second-order valence-electron chi connectivity index (χ2n) is 3.74. The van der Waals surface area contributed by atoms with Crippen LogP contribution in [0.25, 0.3) is 0 Å². The third kappa shape index (κ3) is 2.22. The summed E-state index contributed by atoms with van der Waals surface area (Å²) in [6.45, 7) is 0. The minimum Gasteiger partial charge on any atom is -0.497 e. The van der Waals surface area contributed by atoms with Crippen LogP contribution in [0.1, 0.15) is 12.0 Å². The SMILES string of the molecule is COc1ccc(OC)c(C2=NO[C@H](C(=O)O)C2)c1. The molecule has 0 aliphatic carbocycles. The second-order valence-corrected chi connectivity index (χ2v) is 3.74. The lowest BCUT2D eigenvalue weighted by Gasteiger charge is -2.09. The van der Waals surface area contributed by atoms with E-state index in [0.717, 1.165) is 0 Å². The maximum absolute atomic E-state index is 10.8. The van der Waals surface area contributed by atoms with Gasteiger partial charge in [-0.15, -0.1) is 0 Å². The van der Waals surface area contributed by atoms with Crippen molar-refractivity contribution in [3.8, 4) is 11.5 Å². The summed E-state index contributed by atoms with van der Waals surface area (Å²) in [6.07, 6.45) is -0.727. The van der Waals surface area contributed by atoms with Crippen LogP contribution in [-0.4, -0.2) is 37.1 Å². The van der Waals surface area contributed by atoms with Crippen molar-refractivity contribution in [3.63, 3.8) is 0 Å². The number of ether oxygens (including phenoxy) is 2. The van der Waals surface area contributed by atoms with Gasteiger partial charge >= 0.3 is 5.97 Å². The number of benzene rings is 1. The number of rotatable bonds is 4. The van der Waals surface area contributed by atoms with E-state index in [1.165, 1.54) is 7.11 Å². The van der Waals surface area contributed by atoms with Crippen LogP contribution < -0.4 is 9.47 Å². The Morgan fingerprint density at radius 3 is 2.78 bits per heavy atom. The van der Waals surface area contributed by atoms with Gasteiger partial charge in [0, 0.05) is 12.0 Å². The quantitative estimate of drug-likeness (QED) is 0.872. The summed E-state index contributed by atoms with van der Waals surface area (Å²) in [6, 6.07) is 5.24. The molecule has 1 aromatic carbocycles. The summed E-state index contributed by atoms with van der Waals surface area (Å²) in [4.78, 5) is 15.6. The van der Waals surface area contributed by atoms with Gasteiger partial charge in [-0.1, -0.05) is 5.16 Å². The maximum atomic E-state index is 10.8. The zero-order chi connectivity index (χ0) is 13.1. The Morgan fingerprint density at radius 2 is 2.22 bits per heavy atom. The summed E-state index contributed by atoms with van der Waals surface area (Å²) in [5.74, 6) is 0.215. The van der Waals surface area contributed by atoms with E-state index in [-0.39, 0.29) is 6.42 Å². The molecule has 1 aromatic rings. The van der Waals surface area contributed by atoms with Crippen molar-refractivity contribution in [2.75, 3.05) is 14.2 Å². The van der Waals surface area contributed by atoms with Crippen molar-refractivity contribution in [3.05, 3.63) is 23.8 Å². The van der Waals surface area contributed by atoms with E-state index in [1.54, 1.807) is 25.3 Å².